The van der Waals surface area contributed by atoms with E-state index in [1.807, 2.05) is 0 Å². The largest absolute Gasteiger partial charge is 0.374 e. The molecule has 0 aromatic carbocycles. The van der Waals surface area contributed by atoms with Gasteiger partial charge < -0.3 is 4.74 Å². The van der Waals surface area contributed by atoms with Gasteiger partial charge in [-0.25, -0.2) is 0 Å². The lowest BCUT2D eigenvalue weighted by molar-refractivity contribution is -0.0632. The maximum atomic E-state index is 5.32. The highest BCUT2D eigenvalue weighted by atomic mass is 79.9. The van der Waals surface area contributed by atoms with E-state index >= 15 is 0 Å². The Morgan fingerprint density at radius 1 is 1.43 bits per heavy atom. The number of ether oxygens (including phenoxy) is 1. The molecule has 40 valence electrons. The van der Waals surface area contributed by atoms with Crippen LogP contribution in [0.5, 0.6) is 0 Å². The van der Waals surface area contributed by atoms with Crippen LogP contribution in [-0.4, -0.2) is 17.0 Å². The molecule has 0 amide bonds. The van der Waals surface area contributed by atoms with Crippen LogP contribution in [0.4, 0.5) is 0 Å². The van der Waals surface area contributed by atoms with E-state index in [-0.39, 0.29) is 0 Å². The molecule has 2 aliphatic heterocycles. The van der Waals surface area contributed by atoms with Crippen molar-refractivity contribution in [2.45, 2.75) is 29.9 Å². The molecule has 2 bridgehead atoms. The molecule has 3 fully saturated rings. The standard InChI is InChI=1S/C5H7BrO/c6-4-1-3-2-5(4)7-3/h3-5H,1-2H2. The van der Waals surface area contributed by atoms with Gasteiger partial charge in [0, 0.05) is 11.2 Å². The summed E-state index contributed by atoms with van der Waals surface area (Å²) in [5.41, 5.74) is 0. The molecule has 2 saturated heterocycles. The first-order valence-electron chi connectivity index (χ1n) is 2.66. The van der Waals surface area contributed by atoms with Gasteiger partial charge in [0.15, 0.2) is 0 Å². The fraction of sp³-hybridized carbons (Fsp3) is 1.00. The van der Waals surface area contributed by atoms with E-state index in [2.05, 4.69) is 15.9 Å². The molecule has 0 aromatic rings. The summed E-state index contributed by atoms with van der Waals surface area (Å²) in [5, 5.41) is 0. The van der Waals surface area contributed by atoms with Gasteiger partial charge in [-0.05, 0) is 6.42 Å². The second-order valence-electron chi connectivity index (χ2n) is 2.28. The monoisotopic (exact) mass is 162 g/mol. The smallest absolute Gasteiger partial charge is 0.0729 e. The third-order valence-corrected chi connectivity index (χ3v) is 2.72. The van der Waals surface area contributed by atoms with Crippen molar-refractivity contribution < 1.29 is 4.74 Å². The Hall–Kier alpha value is 0.440. The molecular weight excluding hydrogens is 156 g/mol. The lowest BCUT2D eigenvalue weighted by atomic mass is 10.2. The molecule has 0 aromatic heterocycles. The normalized spacial score (nSPS) is 57.0. The quantitative estimate of drug-likeness (QED) is 0.489. The Morgan fingerprint density at radius 3 is 2.29 bits per heavy atom. The van der Waals surface area contributed by atoms with E-state index in [0.717, 1.165) is 0 Å². The summed E-state index contributed by atoms with van der Waals surface area (Å²) in [6.45, 7) is 0. The molecule has 2 heterocycles. The molecule has 3 rings (SSSR count). The zero-order valence-electron chi connectivity index (χ0n) is 3.93. The van der Waals surface area contributed by atoms with Gasteiger partial charge in [-0.1, -0.05) is 15.9 Å². The molecule has 0 radical (unpaired) electrons. The van der Waals surface area contributed by atoms with Crippen molar-refractivity contribution in [2.75, 3.05) is 0 Å². The summed E-state index contributed by atoms with van der Waals surface area (Å²) in [4.78, 5) is 0.678. The van der Waals surface area contributed by atoms with Gasteiger partial charge in [-0.2, -0.15) is 0 Å². The van der Waals surface area contributed by atoms with Gasteiger partial charge >= 0.3 is 0 Å². The maximum Gasteiger partial charge on any atom is 0.0729 e. The van der Waals surface area contributed by atoms with Crippen LogP contribution in [-0.2, 0) is 4.74 Å². The van der Waals surface area contributed by atoms with Gasteiger partial charge in [-0.15, -0.1) is 0 Å². The molecule has 3 atom stereocenters. The van der Waals surface area contributed by atoms with Crippen molar-refractivity contribution in [3.8, 4) is 0 Å². The minimum atomic E-state index is 0.574. The number of fused-ring (bicyclic) bond motifs is 1. The van der Waals surface area contributed by atoms with Crippen LogP contribution in [0.3, 0.4) is 0 Å². The van der Waals surface area contributed by atoms with E-state index in [1.165, 1.54) is 12.8 Å². The molecule has 1 saturated carbocycles. The highest BCUT2D eigenvalue weighted by Gasteiger charge is 2.44. The Labute approximate surface area is 51.2 Å². The summed E-state index contributed by atoms with van der Waals surface area (Å²) in [7, 11) is 0. The van der Waals surface area contributed by atoms with E-state index < -0.39 is 0 Å². The van der Waals surface area contributed by atoms with Gasteiger partial charge in [0.1, 0.15) is 0 Å². The molecule has 2 heteroatoms. The summed E-state index contributed by atoms with van der Waals surface area (Å²) in [6.07, 6.45) is 3.74. The van der Waals surface area contributed by atoms with Crippen molar-refractivity contribution >= 4 is 15.9 Å². The van der Waals surface area contributed by atoms with Crippen LogP contribution in [0.1, 0.15) is 12.8 Å². The SMILES string of the molecule is BrC1CC2CC1O2. The average Bonchev–Trinajstić information content (AvgIpc) is 1.85. The molecule has 1 aliphatic carbocycles. The molecule has 3 unspecified atom stereocenters. The fourth-order valence-corrected chi connectivity index (χ4v) is 2.04. The Morgan fingerprint density at radius 2 is 2.14 bits per heavy atom. The zero-order valence-corrected chi connectivity index (χ0v) is 5.52. The summed E-state index contributed by atoms with van der Waals surface area (Å²) in [6, 6.07) is 0. The average molecular weight is 163 g/mol. The topological polar surface area (TPSA) is 9.23 Å². The molecule has 3 aliphatic rings. The number of hydrogen-bond acceptors (Lipinski definition) is 1. The zero-order chi connectivity index (χ0) is 4.85. The molecule has 0 spiro atoms. The maximum absolute atomic E-state index is 5.32. The third-order valence-electron chi connectivity index (χ3n) is 1.75. The second kappa shape index (κ2) is 1.23. The number of hydrogen-bond donors (Lipinski definition) is 0. The van der Waals surface area contributed by atoms with Crippen LogP contribution in [0.2, 0.25) is 0 Å². The lowest BCUT2D eigenvalue weighted by Crippen LogP contribution is -2.28. The summed E-state index contributed by atoms with van der Waals surface area (Å²) < 4.78 is 5.32. The van der Waals surface area contributed by atoms with E-state index in [0.29, 0.717) is 17.0 Å². The molecule has 0 N–H and O–H groups in total. The Kier molecular flexibility index (Phi) is 0.762. The summed E-state index contributed by atoms with van der Waals surface area (Å²) >= 11 is 3.52. The minimum absolute atomic E-state index is 0.574. The first-order chi connectivity index (χ1) is 3.36. The second-order valence-corrected chi connectivity index (χ2v) is 3.46. The predicted molar refractivity (Wildman–Crippen MR) is 30.6 cm³/mol. The minimum Gasteiger partial charge on any atom is -0.374 e. The van der Waals surface area contributed by atoms with Crippen molar-refractivity contribution in [1.82, 2.24) is 0 Å². The van der Waals surface area contributed by atoms with Gasteiger partial charge in [0.25, 0.3) is 0 Å². The van der Waals surface area contributed by atoms with Crippen LogP contribution < -0.4 is 0 Å². The van der Waals surface area contributed by atoms with Crippen LogP contribution >= 0.6 is 15.9 Å². The number of alkyl halides is 1. The van der Waals surface area contributed by atoms with Crippen molar-refractivity contribution in [2.24, 2.45) is 0 Å². The number of halogens is 1. The Bertz CT molecular complexity index is 88.1. The first-order valence-corrected chi connectivity index (χ1v) is 3.57. The first kappa shape index (κ1) is 4.33. The molecule has 1 nitrogen and oxygen atoms in total. The van der Waals surface area contributed by atoms with Crippen molar-refractivity contribution in [3.63, 3.8) is 0 Å². The van der Waals surface area contributed by atoms with Crippen molar-refractivity contribution in [3.05, 3.63) is 0 Å². The summed E-state index contributed by atoms with van der Waals surface area (Å²) in [5.74, 6) is 0. The van der Waals surface area contributed by atoms with Crippen LogP contribution in [0.25, 0.3) is 0 Å². The molecular formula is C5H7BrO. The van der Waals surface area contributed by atoms with Gasteiger partial charge in [-0.3, -0.25) is 0 Å². The van der Waals surface area contributed by atoms with Crippen LogP contribution in [0.15, 0.2) is 0 Å². The van der Waals surface area contributed by atoms with Crippen LogP contribution in [0, 0.1) is 0 Å². The highest BCUT2D eigenvalue weighted by Crippen LogP contribution is 2.40. The van der Waals surface area contributed by atoms with E-state index in [1.54, 1.807) is 0 Å². The van der Waals surface area contributed by atoms with E-state index in [4.69, 9.17) is 4.74 Å². The van der Waals surface area contributed by atoms with Gasteiger partial charge in [0.05, 0.1) is 12.2 Å². The van der Waals surface area contributed by atoms with Crippen molar-refractivity contribution in [1.29, 1.82) is 0 Å². The third kappa shape index (κ3) is 0.470. The van der Waals surface area contributed by atoms with E-state index in [9.17, 15) is 0 Å². The molecule has 7 heavy (non-hydrogen) atoms. The highest BCUT2D eigenvalue weighted by molar-refractivity contribution is 9.09. The van der Waals surface area contributed by atoms with Gasteiger partial charge in [0.2, 0.25) is 0 Å². The number of rotatable bonds is 0. The Balaban J connectivity index is 2.13. The predicted octanol–water partition coefficient (Wildman–Crippen LogP) is 1.31. The fourth-order valence-electron chi connectivity index (χ4n) is 1.28. The lowest BCUT2D eigenvalue weighted by Gasteiger charge is -2.24.